The molecule has 0 bridgehead atoms. The standard InChI is InChI=1S/C22H31N5O3/c1-21(2,3)30-20(29)26-22(10-6-4-5-7-11-22)15-25-19(28)17-8-9-18(24-14-17)27-13-12-23-16-27/h8-9,12-14,16H,4-7,10-11,15H2,1-3H3,(H,25,28)(H,26,29). The number of nitrogens with zero attached hydrogens (tertiary/aromatic N) is 3. The molecule has 2 aromatic heterocycles. The van der Waals surface area contributed by atoms with Gasteiger partial charge in [0, 0.05) is 25.1 Å². The molecule has 2 heterocycles. The van der Waals surface area contributed by atoms with Crippen LogP contribution in [0.4, 0.5) is 4.79 Å². The molecule has 8 heteroatoms. The van der Waals surface area contributed by atoms with Gasteiger partial charge in [-0.1, -0.05) is 25.7 Å². The molecule has 30 heavy (non-hydrogen) atoms. The molecule has 162 valence electrons. The maximum absolute atomic E-state index is 12.7. The molecule has 0 aliphatic heterocycles. The molecule has 0 saturated heterocycles. The fourth-order valence-electron chi connectivity index (χ4n) is 3.69. The lowest BCUT2D eigenvalue weighted by Gasteiger charge is -2.35. The van der Waals surface area contributed by atoms with Crippen LogP contribution >= 0.6 is 0 Å². The third kappa shape index (κ3) is 6.05. The van der Waals surface area contributed by atoms with Crippen molar-refractivity contribution in [2.45, 2.75) is 70.4 Å². The van der Waals surface area contributed by atoms with Gasteiger partial charge in [0.2, 0.25) is 0 Å². The molecule has 0 aromatic carbocycles. The van der Waals surface area contributed by atoms with Gasteiger partial charge in [0.05, 0.1) is 11.1 Å². The molecule has 1 aliphatic rings. The molecule has 1 saturated carbocycles. The number of aromatic nitrogens is 3. The van der Waals surface area contributed by atoms with Crippen molar-refractivity contribution in [3.63, 3.8) is 0 Å². The van der Waals surface area contributed by atoms with Crippen LogP contribution in [-0.2, 0) is 4.74 Å². The summed E-state index contributed by atoms with van der Waals surface area (Å²) in [6.07, 6.45) is 12.1. The normalized spacial score (nSPS) is 16.4. The summed E-state index contributed by atoms with van der Waals surface area (Å²) < 4.78 is 7.24. The number of nitrogens with one attached hydrogen (secondary N) is 2. The highest BCUT2D eigenvalue weighted by Crippen LogP contribution is 2.27. The van der Waals surface area contributed by atoms with E-state index in [9.17, 15) is 9.59 Å². The summed E-state index contributed by atoms with van der Waals surface area (Å²) >= 11 is 0. The van der Waals surface area contributed by atoms with Crippen LogP contribution in [0.3, 0.4) is 0 Å². The topological polar surface area (TPSA) is 98.1 Å². The number of pyridine rings is 1. The fraction of sp³-hybridized carbons (Fsp3) is 0.545. The lowest BCUT2D eigenvalue weighted by atomic mass is 9.90. The number of carbonyl (C=O) groups excluding carboxylic acids is 2. The SMILES string of the molecule is CC(C)(C)OC(=O)NC1(CNC(=O)c2ccc(-n3ccnc3)nc2)CCCCCC1. The first-order valence-corrected chi connectivity index (χ1v) is 10.5. The third-order valence-electron chi connectivity index (χ3n) is 5.19. The van der Waals surface area contributed by atoms with Crippen molar-refractivity contribution < 1.29 is 14.3 Å². The quantitative estimate of drug-likeness (QED) is 0.730. The van der Waals surface area contributed by atoms with Gasteiger partial charge < -0.3 is 15.4 Å². The molecule has 0 unspecified atom stereocenters. The molecule has 2 N–H and O–H groups in total. The minimum Gasteiger partial charge on any atom is -0.444 e. The second kappa shape index (κ2) is 9.28. The Bertz CT molecular complexity index is 833. The summed E-state index contributed by atoms with van der Waals surface area (Å²) in [4.78, 5) is 33.5. The van der Waals surface area contributed by atoms with Crippen LogP contribution in [0.1, 0.15) is 69.7 Å². The summed E-state index contributed by atoms with van der Waals surface area (Å²) in [5.74, 6) is 0.477. The Morgan fingerprint density at radius 2 is 1.90 bits per heavy atom. The lowest BCUT2D eigenvalue weighted by molar-refractivity contribution is 0.0437. The van der Waals surface area contributed by atoms with E-state index in [-0.39, 0.29) is 5.91 Å². The average Bonchev–Trinajstić information content (AvgIpc) is 3.13. The number of carbonyl (C=O) groups is 2. The Hall–Kier alpha value is -2.90. The van der Waals surface area contributed by atoms with Crippen LogP contribution in [0.15, 0.2) is 37.1 Å². The Kier molecular flexibility index (Phi) is 6.74. The van der Waals surface area contributed by atoms with E-state index in [4.69, 9.17) is 4.74 Å². The molecule has 3 rings (SSSR count). The Labute approximate surface area is 177 Å². The summed E-state index contributed by atoms with van der Waals surface area (Å²) in [5.41, 5.74) is -0.597. The minimum absolute atomic E-state index is 0.214. The highest BCUT2D eigenvalue weighted by molar-refractivity contribution is 5.94. The highest BCUT2D eigenvalue weighted by atomic mass is 16.6. The zero-order valence-electron chi connectivity index (χ0n) is 18.0. The molecule has 1 fully saturated rings. The second-order valence-corrected chi connectivity index (χ2v) is 8.88. The van der Waals surface area contributed by atoms with Crippen molar-refractivity contribution in [1.82, 2.24) is 25.2 Å². The summed E-state index contributed by atoms with van der Waals surface area (Å²) in [6, 6.07) is 3.51. The number of rotatable bonds is 5. The molecule has 0 spiro atoms. The van der Waals surface area contributed by atoms with Gasteiger partial charge in [0.15, 0.2) is 0 Å². The lowest BCUT2D eigenvalue weighted by Crippen LogP contribution is -2.56. The predicted octanol–water partition coefficient (Wildman–Crippen LogP) is 3.61. The Balaban J connectivity index is 1.65. The van der Waals surface area contributed by atoms with Crippen LogP contribution in [0.25, 0.3) is 5.82 Å². The van der Waals surface area contributed by atoms with Crippen molar-refractivity contribution >= 4 is 12.0 Å². The Morgan fingerprint density at radius 1 is 1.17 bits per heavy atom. The van der Waals surface area contributed by atoms with E-state index >= 15 is 0 Å². The zero-order valence-corrected chi connectivity index (χ0v) is 18.0. The molecule has 0 radical (unpaired) electrons. The number of hydrogen-bond acceptors (Lipinski definition) is 5. The summed E-state index contributed by atoms with van der Waals surface area (Å²) in [6.45, 7) is 5.88. The molecule has 8 nitrogen and oxygen atoms in total. The predicted molar refractivity (Wildman–Crippen MR) is 113 cm³/mol. The Morgan fingerprint density at radius 3 is 2.47 bits per heavy atom. The van der Waals surface area contributed by atoms with Gasteiger partial charge in [-0.05, 0) is 45.7 Å². The van der Waals surface area contributed by atoms with Crippen molar-refractivity contribution in [2.75, 3.05) is 6.54 Å². The minimum atomic E-state index is -0.568. The van der Waals surface area contributed by atoms with E-state index in [1.165, 1.54) is 0 Å². The fourth-order valence-corrected chi connectivity index (χ4v) is 3.69. The monoisotopic (exact) mass is 413 g/mol. The summed E-state index contributed by atoms with van der Waals surface area (Å²) in [5, 5.41) is 6.05. The van der Waals surface area contributed by atoms with Crippen LogP contribution in [0, 0.1) is 0 Å². The number of ether oxygens (including phenoxy) is 1. The molecular weight excluding hydrogens is 382 g/mol. The number of imidazole rings is 1. The molecular formula is C22H31N5O3. The van der Waals surface area contributed by atoms with Crippen LogP contribution < -0.4 is 10.6 Å². The van der Waals surface area contributed by atoms with Crippen molar-refractivity contribution in [3.8, 4) is 5.82 Å². The van der Waals surface area contributed by atoms with E-state index in [2.05, 4.69) is 20.6 Å². The second-order valence-electron chi connectivity index (χ2n) is 8.88. The van der Waals surface area contributed by atoms with Gasteiger partial charge in [0.1, 0.15) is 17.7 Å². The van der Waals surface area contributed by atoms with Gasteiger partial charge in [0.25, 0.3) is 5.91 Å². The molecule has 0 atom stereocenters. The molecule has 2 aromatic rings. The number of alkyl carbamates (subject to hydrolysis) is 1. The highest BCUT2D eigenvalue weighted by Gasteiger charge is 2.34. The van der Waals surface area contributed by atoms with E-state index in [1.54, 1.807) is 41.6 Å². The largest absolute Gasteiger partial charge is 0.444 e. The molecule has 2 amide bonds. The maximum atomic E-state index is 12.7. The van der Waals surface area contributed by atoms with Gasteiger partial charge in [-0.25, -0.2) is 14.8 Å². The maximum Gasteiger partial charge on any atom is 0.408 e. The first kappa shape index (κ1) is 21.8. The van der Waals surface area contributed by atoms with E-state index in [0.717, 1.165) is 38.5 Å². The van der Waals surface area contributed by atoms with Crippen molar-refractivity contribution in [1.29, 1.82) is 0 Å². The van der Waals surface area contributed by atoms with Crippen molar-refractivity contribution in [3.05, 3.63) is 42.6 Å². The third-order valence-corrected chi connectivity index (χ3v) is 5.19. The number of amides is 2. The number of hydrogen-bond donors (Lipinski definition) is 2. The van der Waals surface area contributed by atoms with E-state index < -0.39 is 17.2 Å². The smallest absolute Gasteiger partial charge is 0.408 e. The van der Waals surface area contributed by atoms with Gasteiger partial charge in [-0.3, -0.25) is 9.36 Å². The average molecular weight is 414 g/mol. The van der Waals surface area contributed by atoms with Crippen molar-refractivity contribution in [2.24, 2.45) is 0 Å². The zero-order chi connectivity index (χ0) is 21.6. The van der Waals surface area contributed by atoms with E-state index in [0.29, 0.717) is 17.9 Å². The van der Waals surface area contributed by atoms with Crippen LogP contribution in [-0.4, -0.2) is 44.2 Å². The van der Waals surface area contributed by atoms with E-state index in [1.807, 2.05) is 20.8 Å². The first-order valence-electron chi connectivity index (χ1n) is 10.5. The van der Waals surface area contributed by atoms with Crippen LogP contribution in [0.2, 0.25) is 0 Å². The van der Waals surface area contributed by atoms with Gasteiger partial charge in [-0.2, -0.15) is 0 Å². The molecule has 1 aliphatic carbocycles. The summed E-state index contributed by atoms with van der Waals surface area (Å²) in [7, 11) is 0. The first-order chi connectivity index (χ1) is 14.3. The van der Waals surface area contributed by atoms with Gasteiger partial charge >= 0.3 is 6.09 Å². The van der Waals surface area contributed by atoms with Crippen LogP contribution in [0.5, 0.6) is 0 Å². The van der Waals surface area contributed by atoms with Gasteiger partial charge in [-0.15, -0.1) is 0 Å².